The quantitative estimate of drug-likeness (QED) is 0.643. The summed E-state index contributed by atoms with van der Waals surface area (Å²) in [6, 6.07) is 0.469. The number of hydrogen-bond donors (Lipinski definition) is 1. The number of allylic oxidation sites excluding steroid dienone is 1. The lowest BCUT2D eigenvalue weighted by atomic mass is 9.76. The molecular weight excluding hydrogens is 146 g/mol. The van der Waals surface area contributed by atoms with Gasteiger partial charge in [-0.2, -0.15) is 0 Å². The fraction of sp³-hybridized carbons (Fsp3) is 0.818. The predicted molar refractivity (Wildman–Crippen MR) is 53.9 cm³/mol. The van der Waals surface area contributed by atoms with Crippen molar-refractivity contribution in [3.63, 3.8) is 0 Å². The predicted octanol–water partition coefficient (Wildman–Crippen LogP) is 2.72. The summed E-state index contributed by atoms with van der Waals surface area (Å²) in [5, 5.41) is 0. The average molecular weight is 167 g/mol. The Morgan fingerprint density at radius 3 is 2.92 bits per heavy atom. The van der Waals surface area contributed by atoms with Crippen molar-refractivity contribution in [2.24, 2.45) is 17.6 Å². The van der Waals surface area contributed by atoms with E-state index < -0.39 is 0 Å². The maximum atomic E-state index is 5.93. The lowest BCUT2D eigenvalue weighted by Crippen LogP contribution is -2.32. The van der Waals surface area contributed by atoms with Crippen LogP contribution >= 0.6 is 0 Å². The summed E-state index contributed by atoms with van der Waals surface area (Å²) in [5.74, 6) is 1.73. The molecule has 0 aromatic rings. The van der Waals surface area contributed by atoms with Crippen LogP contribution in [0.2, 0.25) is 0 Å². The zero-order chi connectivity index (χ0) is 8.97. The average Bonchev–Trinajstić information content (AvgIpc) is 2.07. The first-order valence-corrected chi connectivity index (χ1v) is 5.10. The molecule has 1 aliphatic rings. The van der Waals surface area contributed by atoms with Crippen LogP contribution in [0.1, 0.15) is 39.0 Å². The second-order valence-corrected chi connectivity index (χ2v) is 4.18. The summed E-state index contributed by atoms with van der Waals surface area (Å²) in [6.07, 6.45) is 8.25. The van der Waals surface area contributed by atoms with E-state index in [1.54, 1.807) is 0 Å². The number of hydrogen-bond acceptors (Lipinski definition) is 1. The third-order valence-corrected chi connectivity index (χ3v) is 3.14. The molecule has 3 atom stereocenters. The SMILES string of the molecule is C=CCCC1CC(N)CCC1C. The van der Waals surface area contributed by atoms with Crippen molar-refractivity contribution in [1.29, 1.82) is 0 Å². The monoisotopic (exact) mass is 167 g/mol. The molecule has 1 nitrogen and oxygen atoms in total. The molecule has 1 heteroatoms. The first kappa shape index (κ1) is 9.79. The molecule has 0 aromatic heterocycles. The minimum Gasteiger partial charge on any atom is -0.328 e. The van der Waals surface area contributed by atoms with Gasteiger partial charge in [0.2, 0.25) is 0 Å². The van der Waals surface area contributed by atoms with Crippen molar-refractivity contribution >= 4 is 0 Å². The Labute approximate surface area is 76.0 Å². The first-order valence-electron chi connectivity index (χ1n) is 5.10. The summed E-state index contributed by atoms with van der Waals surface area (Å²) in [6.45, 7) is 6.12. The highest BCUT2D eigenvalue weighted by atomic mass is 14.6. The molecule has 0 radical (unpaired) electrons. The molecule has 2 N–H and O–H groups in total. The highest BCUT2D eigenvalue weighted by Gasteiger charge is 2.24. The zero-order valence-electron chi connectivity index (χ0n) is 8.13. The first-order chi connectivity index (χ1) is 5.74. The maximum Gasteiger partial charge on any atom is 0.00416 e. The van der Waals surface area contributed by atoms with E-state index in [2.05, 4.69) is 13.5 Å². The van der Waals surface area contributed by atoms with Crippen LogP contribution in [-0.4, -0.2) is 6.04 Å². The highest BCUT2D eigenvalue weighted by molar-refractivity contribution is 4.81. The van der Waals surface area contributed by atoms with E-state index in [9.17, 15) is 0 Å². The van der Waals surface area contributed by atoms with Crippen molar-refractivity contribution < 1.29 is 0 Å². The van der Waals surface area contributed by atoms with Gasteiger partial charge in [0.25, 0.3) is 0 Å². The molecule has 70 valence electrons. The van der Waals surface area contributed by atoms with Gasteiger partial charge in [-0.05, 0) is 43.9 Å². The van der Waals surface area contributed by atoms with Gasteiger partial charge in [-0.3, -0.25) is 0 Å². The van der Waals surface area contributed by atoms with Crippen molar-refractivity contribution in [1.82, 2.24) is 0 Å². The second kappa shape index (κ2) is 4.66. The molecule has 12 heavy (non-hydrogen) atoms. The molecule has 0 aromatic carbocycles. The van der Waals surface area contributed by atoms with E-state index >= 15 is 0 Å². The molecule has 0 heterocycles. The van der Waals surface area contributed by atoms with Gasteiger partial charge in [-0.15, -0.1) is 6.58 Å². The maximum absolute atomic E-state index is 5.93. The summed E-state index contributed by atoms with van der Waals surface area (Å²) in [5.41, 5.74) is 5.93. The smallest absolute Gasteiger partial charge is 0.00416 e. The lowest BCUT2D eigenvalue weighted by molar-refractivity contribution is 0.221. The molecule has 1 saturated carbocycles. The van der Waals surface area contributed by atoms with Crippen LogP contribution in [0.25, 0.3) is 0 Å². The summed E-state index contributed by atoms with van der Waals surface area (Å²) >= 11 is 0. The Hall–Kier alpha value is -0.300. The molecule has 0 spiro atoms. The van der Waals surface area contributed by atoms with Crippen molar-refractivity contribution in [2.45, 2.75) is 45.1 Å². The van der Waals surface area contributed by atoms with Gasteiger partial charge in [0.05, 0.1) is 0 Å². The lowest BCUT2D eigenvalue weighted by Gasteiger charge is -2.32. The van der Waals surface area contributed by atoms with E-state index in [0.29, 0.717) is 6.04 Å². The Kier molecular flexibility index (Phi) is 3.80. The summed E-state index contributed by atoms with van der Waals surface area (Å²) < 4.78 is 0. The van der Waals surface area contributed by atoms with Crippen molar-refractivity contribution in [3.8, 4) is 0 Å². The van der Waals surface area contributed by atoms with Crippen LogP contribution in [0.4, 0.5) is 0 Å². The third kappa shape index (κ3) is 2.63. The number of nitrogens with two attached hydrogens (primary N) is 1. The molecule has 3 unspecified atom stereocenters. The molecule has 1 rings (SSSR count). The fourth-order valence-corrected chi connectivity index (χ4v) is 2.19. The van der Waals surface area contributed by atoms with E-state index in [0.717, 1.165) is 18.3 Å². The van der Waals surface area contributed by atoms with E-state index in [4.69, 9.17) is 5.73 Å². The van der Waals surface area contributed by atoms with Crippen LogP contribution in [-0.2, 0) is 0 Å². The molecule has 0 amide bonds. The normalized spacial score (nSPS) is 36.3. The van der Waals surface area contributed by atoms with Crippen molar-refractivity contribution in [3.05, 3.63) is 12.7 Å². The van der Waals surface area contributed by atoms with Gasteiger partial charge in [-0.1, -0.05) is 13.0 Å². The van der Waals surface area contributed by atoms with Gasteiger partial charge in [0, 0.05) is 6.04 Å². The Morgan fingerprint density at radius 2 is 2.25 bits per heavy atom. The van der Waals surface area contributed by atoms with Crippen LogP contribution in [0, 0.1) is 11.8 Å². The van der Waals surface area contributed by atoms with Crippen LogP contribution < -0.4 is 5.73 Å². The Balaban J connectivity index is 2.32. The topological polar surface area (TPSA) is 26.0 Å². The van der Waals surface area contributed by atoms with Gasteiger partial charge in [0.15, 0.2) is 0 Å². The zero-order valence-corrected chi connectivity index (χ0v) is 8.13. The summed E-state index contributed by atoms with van der Waals surface area (Å²) in [7, 11) is 0. The molecular formula is C11H21N. The Bertz CT molecular complexity index is 142. The van der Waals surface area contributed by atoms with Crippen LogP contribution in [0.15, 0.2) is 12.7 Å². The third-order valence-electron chi connectivity index (χ3n) is 3.14. The van der Waals surface area contributed by atoms with E-state index in [1.165, 1.54) is 25.7 Å². The number of rotatable bonds is 3. The fourth-order valence-electron chi connectivity index (χ4n) is 2.19. The van der Waals surface area contributed by atoms with Gasteiger partial charge in [0.1, 0.15) is 0 Å². The molecule has 1 aliphatic carbocycles. The minimum atomic E-state index is 0.469. The molecule has 1 fully saturated rings. The van der Waals surface area contributed by atoms with Gasteiger partial charge in [-0.25, -0.2) is 0 Å². The highest BCUT2D eigenvalue weighted by Crippen LogP contribution is 2.32. The largest absolute Gasteiger partial charge is 0.328 e. The van der Waals surface area contributed by atoms with E-state index in [1.807, 2.05) is 6.08 Å². The van der Waals surface area contributed by atoms with Crippen LogP contribution in [0.3, 0.4) is 0 Å². The second-order valence-electron chi connectivity index (χ2n) is 4.18. The van der Waals surface area contributed by atoms with Crippen LogP contribution in [0.5, 0.6) is 0 Å². The Morgan fingerprint density at radius 1 is 1.50 bits per heavy atom. The standard InChI is InChI=1S/C11H21N/c1-3-4-5-10-8-11(12)7-6-9(10)2/h3,9-11H,1,4-8,12H2,2H3. The molecule has 0 bridgehead atoms. The molecule has 0 saturated heterocycles. The van der Waals surface area contributed by atoms with Crippen molar-refractivity contribution in [2.75, 3.05) is 0 Å². The van der Waals surface area contributed by atoms with Gasteiger partial charge >= 0.3 is 0 Å². The van der Waals surface area contributed by atoms with Gasteiger partial charge < -0.3 is 5.73 Å². The molecule has 0 aliphatic heterocycles. The minimum absolute atomic E-state index is 0.469. The van der Waals surface area contributed by atoms with E-state index in [-0.39, 0.29) is 0 Å². The summed E-state index contributed by atoms with van der Waals surface area (Å²) in [4.78, 5) is 0.